The quantitative estimate of drug-likeness (QED) is 0.242. The van der Waals surface area contributed by atoms with Gasteiger partial charge in [-0.15, -0.1) is 0 Å². The number of carbonyl (C=O) groups is 1. The van der Waals surface area contributed by atoms with Gasteiger partial charge in [-0.2, -0.15) is 0 Å². The summed E-state index contributed by atoms with van der Waals surface area (Å²) in [5, 5.41) is 18.5. The first-order valence-corrected chi connectivity index (χ1v) is 6.48. The maximum Gasteiger partial charge on any atom is 0.212 e. The predicted molar refractivity (Wildman–Crippen MR) is 75.1 cm³/mol. The Balaban J connectivity index is 4.59. The van der Waals surface area contributed by atoms with Crippen LogP contribution in [0, 0.1) is 5.41 Å². The van der Waals surface area contributed by atoms with Crippen molar-refractivity contribution in [3.8, 4) is 0 Å². The highest BCUT2D eigenvalue weighted by atomic mass is 19.1. The molecule has 0 radical (unpaired) electrons. The van der Waals surface area contributed by atoms with Gasteiger partial charge in [0.05, 0.1) is 0 Å². The molecule has 7 heteroatoms. The van der Waals surface area contributed by atoms with Gasteiger partial charge < -0.3 is 20.1 Å². The smallest absolute Gasteiger partial charge is 0.212 e. The molecule has 0 saturated carbocycles. The lowest BCUT2D eigenvalue weighted by atomic mass is 9.98. The van der Waals surface area contributed by atoms with Crippen molar-refractivity contribution in [3.63, 3.8) is 0 Å². The summed E-state index contributed by atoms with van der Waals surface area (Å²) >= 11 is 0. The molecule has 0 aliphatic heterocycles. The summed E-state index contributed by atoms with van der Waals surface area (Å²) in [6, 6.07) is 0. The van der Waals surface area contributed by atoms with E-state index >= 15 is 0 Å². The Bertz CT molecular complexity index is 333. The monoisotopic (exact) mass is 289 g/mol. The highest BCUT2D eigenvalue weighted by molar-refractivity contribution is 5.96. The lowest BCUT2D eigenvalue weighted by molar-refractivity contribution is -0.148. The maximum atomic E-state index is 13.2. The molecular formula is C13H24FN3O3. The first-order valence-electron chi connectivity index (χ1n) is 6.48. The van der Waals surface area contributed by atoms with Gasteiger partial charge >= 0.3 is 0 Å². The first-order chi connectivity index (χ1) is 9.44. The van der Waals surface area contributed by atoms with Crippen LogP contribution in [0.1, 0.15) is 26.7 Å². The number of rotatable bonds is 10. The molecule has 0 aliphatic rings. The molecular weight excluding hydrogens is 265 g/mol. The number of aliphatic hydroxyl groups excluding tert-OH is 1. The van der Waals surface area contributed by atoms with Crippen LogP contribution in [-0.2, 0) is 9.53 Å². The SMILES string of the molecule is CC[C@@](CF)(CCO)OC(C)N(C)/C=C\C(=N)NC=O. The summed E-state index contributed by atoms with van der Waals surface area (Å²) in [6.45, 7) is 2.74. The molecule has 0 aromatic carbocycles. The molecule has 6 nitrogen and oxygen atoms in total. The van der Waals surface area contributed by atoms with E-state index in [4.69, 9.17) is 15.3 Å². The topological polar surface area (TPSA) is 85.7 Å². The van der Waals surface area contributed by atoms with Gasteiger partial charge in [-0.25, -0.2) is 4.39 Å². The minimum Gasteiger partial charge on any atom is -0.396 e. The average Bonchev–Trinajstić information content (AvgIpc) is 2.44. The van der Waals surface area contributed by atoms with Crippen LogP contribution in [0.15, 0.2) is 12.3 Å². The number of ether oxygens (including phenoxy) is 1. The lowest BCUT2D eigenvalue weighted by Crippen LogP contribution is -2.43. The van der Waals surface area contributed by atoms with Gasteiger partial charge in [-0.05, 0) is 19.4 Å². The fourth-order valence-corrected chi connectivity index (χ4v) is 1.59. The second-order valence-electron chi connectivity index (χ2n) is 4.52. The predicted octanol–water partition coefficient (Wildman–Crippen LogP) is 1.02. The maximum absolute atomic E-state index is 13.2. The van der Waals surface area contributed by atoms with Crippen molar-refractivity contribution >= 4 is 12.2 Å². The summed E-state index contributed by atoms with van der Waals surface area (Å²) in [7, 11) is 1.72. The number of hydrogen-bond acceptors (Lipinski definition) is 5. The van der Waals surface area contributed by atoms with Crippen molar-refractivity contribution in [1.82, 2.24) is 10.2 Å². The van der Waals surface area contributed by atoms with Crippen molar-refractivity contribution in [3.05, 3.63) is 12.3 Å². The van der Waals surface area contributed by atoms with Crippen molar-refractivity contribution in [2.45, 2.75) is 38.5 Å². The number of halogens is 1. The minimum atomic E-state index is -0.995. The van der Waals surface area contributed by atoms with Crippen LogP contribution in [-0.4, -0.2) is 54.4 Å². The molecule has 0 bridgehead atoms. The van der Waals surface area contributed by atoms with Crippen molar-refractivity contribution in [1.29, 1.82) is 5.41 Å². The largest absolute Gasteiger partial charge is 0.396 e. The second kappa shape index (κ2) is 9.44. The Morgan fingerprint density at radius 3 is 2.75 bits per heavy atom. The third-order valence-electron chi connectivity index (χ3n) is 3.14. The molecule has 3 N–H and O–H groups in total. The molecule has 20 heavy (non-hydrogen) atoms. The fraction of sp³-hybridized carbons (Fsp3) is 0.692. The first kappa shape index (κ1) is 18.5. The third-order valence-corrected chi connectivity index (χ3v) is 3.14. The number of alkyl halides is 1. The summed E-state index contributed by atoms with van der Waals surface area (Å²) in [4.78, 5) is 11.8. The molecule has 116 valence electrons. The lowest BCUT2D eigenvalue weighted by Gasteiger charge is -2.35. The number of amides is 1. The molecule has 0 rings (SSSR count). The van der Waals surface area contributed by atoms with E-state index in [1.165, 1.54) is 6.08 Å². The van der Waals surface area contributed by atoms with Crippen LogP contribution in [0.4, 0.5) is 4.39 Å². The molecule has 1 amide bonds. The average molecular weight is 289 g/mol. The highest BCUT2D eigenvalue weighted by Gasteiger charge is 2.31. The van der Waals surface area contributed by atoms with E-state index in [1.54, 1.807) is 25.1 Å². The molecule has 2 atom stereocenters. The number of amidine groups is 1. The van der Waals surface area contributed by atoms with Crippen LogP contribution in [0.3, 0.4) is 0 Å². The molecule has 0 spiro atoms. The zero-order valence-corrected chi connectivity index (χ0v) is 12.2. The van der Waals surface area contributed by atoms with E-state index < -0.39 is 18.5 Å². The Morgan fingerprint density at radius 1 is 1.65 bits per heavy atom. The Hall–Kier alpha value is -1.47. The van der Waals surface area contributed by atoms with Crippen molar-refractivity contribution < 1.29 is 19.0 Å². The van der Waals surface area contributed by atoms with Gasteiger partial charge in [0.15, 0.2) is 0 Å². The van der Waals surface area contributed by atoms with E-state index in [2.05, 4.69) is 5.32 Å². The number of aliphatic hydroxyl groups is 1. The Labute approximate surface area is 119 Å². The van der Waals surface area contributed by atoms with Crippen LogP contribution >= 0.6 is 0 Å². The van der Waals surface area contributed by atoms with E-state index in [0.717, 1.165) is 0 Å². The van der Waals surface area contributed by atoms with Gasteiger partial charge in [-0.1, -0.05) is 6.92 Å². The summed E-state index contributed by atoms with van der Waals surface area (Å²) in [6.07, 6.45) is 3.61. The van der Waals surface area contributed by atoms with E-state index in [-0.39, 0.29) is 18.9 Å². The molecule has 0 saturated heterocycles. The van der Waals surface area contributed by atoms with Gasteiger partial charge in [-0.3, -0.25) is 10.2 Å². The van der Waals surface area contributed by atoms with E-state index in [0.29, 0.717) is 12.8 Å². The van der Waals surface area contributed by atoms with Gasteiger partial charge in [0.1, 0.15) is 24.3 Å². The molecule has 1 unspecified atom stereocenters. The minimum absolute atomic E-state index is 0.0540. The molecule has 0 aromatic heterocycles. The molecule has 0 aromatic rings. The second-order valence-corrected chi connectivity index (χ2v) is 4.52. The Morgan fingerprint density at radius 2 is 2.30 bits per heavy atom. The molecule has 0 aliphatic carbocycles. The number of nitrogens with one attached hydrogen (secondary N) is 2. The standard InChI is InChI=1S/C13H24FN3O3/c1-4-13(9-14,6-8-18)20-11(2)17(3)7-5-12(15)16-10-19/h5,7,10-11,18H,4,6,8-9H2,1-3H3,(H2,15,16,19)/b7-5-/t11?,13-/m0/s1. The zero-order chi connectivity index (χ0) is 15.6. The number of nitrogens with zero attached hydrogens (tertiary/aromatic N) is 1. The number of hydrogen-bond donors (Lipinski definition) is 3. The summed E-state index contributed by atoms with van der Waals surface area (Å²) in [5.74, 6) is -0.0540. The fourth-order valence-electron chi connectivity index (χ4n) is 1.59. The summed E-state index contributed by atoms with van der Waals surface area (Å²) in [5.41, 5.74) is -0.995. The highest BCUT2D eigenvalue weighted by Crippen LogP contribution is 2.24. The van der Waals surface area contributed by atoms with Gasteiger partial charge in [0.2, 0.25) is 6.41 Å². The summed E-state index contributed by atoms with van der Waals surface area (Å²) < 4.78 is 18.9. The van der Waals surface area contributed by atoms with Gasteiger partial charge in [0, 0.05) is 26.3 Å². The van der Waals surface area contributed by atoms with Crippen LogP contribution in [0.5, 0.6) is 0 Å². The third kappa shape index (κ3) is 6.12. The van der Waals surface area contributed by atoms with Gasteiger partial charge in [0.25, 0.3) is 0 Å². The molecule has 0 heterocycles. The van der Waals surface area contributed by atoms with Crippen LogP contribution in [0.25, 0.3) is 0 Å². The van der Waals surface area contributed by atoms with E-state index in [1.807, 2.05) is 6.92 Å². The van der Waals surface area contributed by atoms with E-state index in [9.17, 15) is 9.18 Å². The Kier molecular flexibility index (Phi) is 8.74. The molecule has 0 fully saturated rings. The van der Waals surface area contributed by atoms with Crippen molar-refractivity contribution in [2.75, 3.05) is 20.3 Å². The van der Waals surface area contributed by atoms with Crippen LogP contribution < -0.4 is 5.32 Å². The zero-order valence-electron chi connectivity index (χ0n) is 12.2. The van der Waals surface area contributed by atoms with Crippen LogP contribution in [0.2, 0.25) is 0 Å². The number of carbonyl (C=O) groups excluding carboxylic acids is 1. The van der Waals surface area contributed by atoms with Crippen molar-refractivity contribution in [2.24, 2.45) is 0 Å². The normalized spacial score (nSPS) is 15.7.